The summed E-state index contributed by atoms with van der Waals surface area (Å²) in [7, 11) is -4.38. The molecule has 0 radical (unpaired) electrons. The highest BCUT2D eigenvalue weighted by molar-refractivity contribution is 8.06. The van der Waals surface area contributed by atoms with Crippen LogP contribution in [0.4, 0.5) is 21.5 Å². The summed E-state index contributed by atoms with van der Waals surface area (Å²) in [5, 5.41) is 12.8. The minimum atomic E-state index is -4.38. The number of aromatic nitrogens is 1. The number of carbonyl (C=O) groups is 1. The maximum absolute atomic E-state index is 13.2. The van der Waals surface area contributed by atoms with E-state index < -0.39 is 19.9 Å². The molecule has 0 fully saturated rings. The lowest BCUT2D eigenvalue weighted by Gasteiger charge is -2.12. The van der Waals surface area contributed by atoms with Crippen LogP contribution in [0.3, 0.4) is 0 Å². The minimum Gasteiger partial charge on any atom is -0.355 e. The van der Waals surface area contributed by atoms with Crippen molar-refractivity contribution in [3.8, 4) is 11.1 Å². The highest BCUT2D eigenvalue weighted by Gasteiger charge is 2.27. The summed E-state index contributed by atoms with van der Waals surface area (Å²) < 4.78 is 38.5. The fourth-order valence-corrected chi connectivity index (χ4v) is 4.37. The first kappa shape index (κ1) is 22.7. The standard InChI is InChI=1S/C24H16FN3O5S/c25-18-5-7-19(8-6-18)27-23-13-14-26-15-22(23)16-1-3-17(4-2-16)24(29)34(32,33)21-11-9-20(10-12-21)28(30)31/h1-15H,(H,26,27). The summed E-state index contributed by atoms with van der Waals surface area (Å²) in [5.41, 5.74) is 2.36. The molecule has 4 rings (SSSR count). The number of pyridine rings is 1. The van der Waals surface area contributed by atoms with Crippen LogP contribution in [0.15, 0.2) is 96.2 Å². The van der Waals surface area contributed by atoms with Gasteiger partial charge in [0.05, 0.1) is 9.82 Å². The van der Waals surface area contributed by atoms with Crippen LogP contribution in [-0.4, -0.2) is 23.4 Å². The quantitative estimate of drug-likeness (QED) is 0.301. The number of nitro benzene ring substituents is 1. The number of nitro groups is 1. The topological polar surface area (TPSA) is 119 Å². The second-order valence-corrected chi connectivity index (χ2v) is 9.02. The van der Waals surface area contributed by atoms with Gasteiger partial charge in [0.2, 0.25) is 9.84 Å². The normalized spacial score (nSPS) is 11.1. The third-order valence-electron chi connectivity index (χ3n) is 4.98. The zero-order valence-electron chi connectivity index (χ0n) is 17.4. The lowest BCUT2D eigenvalue weighted by atomic mass is 10.0. The summed E-state index contributed by atoms with van der Waals surface area (Å²) in [4.78, 5) is 26.6. The van der Waals surface area contributed by atoms with Crippen molar-refractivity contribution in [3.63, 3.8) is 0 Å². The van der Waals surface area contributed by atoms with Crippen LogP contribution < -0.4 is 5.32 Å². The first-order valence-electron chi connectivity index (χ1n) is 9.86. The van der Waals surface area contributed by atoms with Crippen molar-refractivity contribution in [2.45, 2.75) is 4.90 Å². The smallest absolute Gasteiger partial charge is 0.281 e. The van der Waals surface area contributed by atoms with Gasteiger partial charge in [0.25, 0.3) is 10.8 Å². The minimum absolute atomic E-state index is 0.0564. The molecule has 0 aliphatic heterocycles. The number of rotatable bonds is 6. The second-order valence-electron chi connectivity index (χ2n) is 7.17. The highest BCUT2D eigenvalue weighted by atomic mass is 32.2. The first-order valence-corrected chi connectivity index (χ1v) is 11.3. The zero-order chi connectivity index (χ0) is 24.3. The van der Waals surface area contributed by atoms with E-state index in [0.717, 1.165) is 24.3 Å². The fraction of sp³-hybridized carbons (Fsp3) is 0. The average Bonchev–Trinajstić information content (AvgIpc) is 2.85. The number of non-ortho nitro benzene ring substituents is 1. The monoisotopic (exact) mass is 477 g/mol. The lowest BCUT2D eigenvalue weighted by molar-refractivity contribution is -0.384. The molecule has 1 aromatic heterocycles. The molecular weight excluding hydrogens is 461 g/mol. The zero-order valence-corrected chi connectivity index (χ0v) is 18.2. The third kappa shape index (κ3) is 4.66. The van der Waals surface area contributed by atoms with Crippen LogP contribution >= 0.6 is 0 Å². The summed E-state index contributed by atoms with van der Waals surface area (Å²) >= 11 is 0. The van der Waals surface area contributed by atoms with Crippen LogP contribution in [0.5, 0.6) is 0 Å². The number of anilines is 2. The molecule has 0 bridgehead atoms. The predicted octanol–water partition coefficient (Wildman–Crippen LogP) is 5.15. The molecule has 1 heterocycles. The molecule has 3 aromatic carbocycles. The number of nitrogens with zero attached hydrogens (tertiary/aromatic N) is 2. The van der Waals surface area contributed by atoms with Crippen molar-refractivity contribution < 1.29 is 22.5 Å². The highest BCUT2D eigenvalue weighted by Crippen LogP contribution is 2.30. The Hall–Kier alpha value is -4.44. The summed E-state index contributed by atoms with van der Waals surface area (Å²) in [6.07, 6.45) is 3.19. The van der Waals surface area contributed by atoms with Crippen molar-refractivity contribution in [3.05, 3.63) is 113 Å². The van der Waals surface area contributed by atoms with Gasteiger partial charge in [0.1, 0.15) is 5.82 Å². The Morgan fingerprint density at radius 3 is 2.18 bits per heavy atom. The number of halogens is 1. The molecule has 34 heavy (non-hydrogen) atoms. The van der Waals surface area contributed by atoms with E-state index in [0.29, 0.717) is 22.5 Å². The van der Waals surface area contributed by atoms with Gasteiger partial charge in [-0.15, -0.1) is 0 Å². The molecule has 0 aliphatic rings. The Labute approximate surface area is 193 Å². The van der Waals surface area contributed by atoms with Crippen LogP contribution in [0.1, 0.15) is 10.4 Å². The number of sulfone groups is 1. The molecule has 0 aliphatic carbocycles. The number of hydrogen-bond donors (Lipinski definition) is 1. The van der Waals surface area contributed by atoms with Gasteiger partial charge in [0.15, 0.2) is 0 Å². The summed E-state index contributed by atoms with van der Waals surface area (Å²) in [5.74, 6) is -0.357. The molecule has 0 saturated heterocycles. The van der Waals surface area contributed by atoms with Gasteiger partial charge in [-0.05, 0) is 60.2 Å². The molecule has 170 valence electrons. The van der Waals surface area contributed by atoms with E-state index in [1.54, 1.807) is 42.7 Å². The molecule has 4 aromatic rings. The van der Waals surface area contributed by atoms with Crippen LogP contribution in [0, 0.1) is 15.9 Å². The molecule has 0 spiro atoms. The maximum Gasteiger partial charge on any atom is 0.281 e. The molecule has 0 amide bonds. The second kappa shape index (κ2) is 9.20. The van der Waals surface area contributed by atoms with Gasteiger partial charge in [-0.25, -0.2) is 12.8 Å². The Balaban J connectivity index is 1.59. The van der Waals surface area contributed by atoms with Gasteiger partial charge in [-0.2, -0.15) is 0 Å². The SMILES string of the molecule is O=C(c1ccc(-c2cnccc2Nc2ccc(F)cc2)cc1)S(=O)(=O)c1ccc([N+](=O)[O-])cc1. The van der Waals surface area contributed by atoms with Gasteiger partial charge in [0, 0.05) is 47.0 Å². The number of hydrogen-bond acceptors (Lipinski definition) is 7. The van der Waals surface area contributed by atoms with E-state index in [-0.39, 0.29) is 22.0 Å². The van der Waals surface area contributed by atoms with E-state index in [1.165, 1.54) is 24.3 Å². The van der Waals surface area contributed by atoms with E-state index in [9.17, 15) is 27.7 Å². The summed E-state index contributed by atoms with van der Waals surface area (Å²) in [6.45, 7) is 0. The Bertz CT molecular complexity index is 1470. The third-order valence-corrected chi connectivity index (χ3v) is 6.59. The number of benzene rings is 3. The molecule has 10 heteroatoms. The summed E-state index contributed by atoms with van der Waals surface area (Å²) in [6, 6.07) is 17.6. The number of nitrogens with one attached hydrogen (secondary N) is 1. The van der Waals surface area contributed by atoms with Gasteiger partial charge >= 0.3 is 0 Å². The van der Waals surface area contributed by atoms with Crippen molar-refractivity contribution >= 4 is 32.0 Å². The van der Waals surface area contributed by atoms with Crippen molar-refractivity contribution in [2.75, 3.05) is 5.32 Å². The molecule has 0 saturated carbocycles. The van der Waals surface area contributed by atoms with Gasteiger partial charge in [-0.1, -0.05) is 12.1 Å². The average molecular weight is 477 g/mol. The Morgan fingerprint density at radius 1 is 0.912 bits per heavy atom. The van der Waals surface area contributed by atoms with Crippen molar-refractivity contribution in [2.24, 2.45) is 0 Å². The molecule has 8 nitrogen and oxygen atoms in total. The lowest BCUT2D eigenvalue weighted by Crippen LogP contribution is -2.15. The van der Waals surface area contributed by atoms with Crippen molar-refractivity contribution in [1.82, 2.24) is 4.98 Å². The predicted molar refractivity (Wildman–Crippen MR) is 124 cm³/mol. The molecule has 0 unspecified atom stereocenters. The van der Waals surface area contributed by atoms with Crippen LogP contribution in [0.25, 0.3) is 11.1 Å². The first-order chi connectivity index (χ1) is 16.3. The van der Waals surface area contributed by atoms with Gasteiger partial charge < -0.3 is 5.32 Å². The van der Waals surface area contributed by atoms with Gasteiger partial charge in [-0.3, -0.25) is 19.9 Å². The van der Waals surface area contributed by atoms with E-state index >= 15 is 0 Å². The maximum atomic E-state index is 13.2. The van der Waals surface area contributed by atoms with E-state index in [2.05, 4.69) is 10.3 Å². The largest absolute Gasteiger partial charge is 0.355 e. The van der Waals surface area contributed by atoms with E-state index in [1.807, 2.05) is 0 Å². The fourth-order valence-electron chi connectivity index (χ4n) is 3.22. The molecule has 1 N–H and O–H groups in total. The van der Waals surface area contributed by atoms with E-state index in [4.69, 9.17) is 0 Å². The Kier molecular flexibility index (Phi) is 6.15. The van der Waals surface area contributed by atoms with Crippen LogP contribution in [0.2, 0.25) is 0 Å². The van der Waals surface area contributed by atoms with Crippen molar-refractivity contribution in [1.29, 1.82) is 0 Å². The molecular formula is C24H16FN3O5S. The number of carbonyl (C=O) groups excluding carboxylic acids is 1. The van der Waals surface area contributed by atoms with Crippen LogP contribution in [-0.2, 0) is 9.84 Å². The molecule has 0 atom stereocenters. The Morgan fingerprint density at radius 2 is 1.56 bits per heavy atom.